The fourth-order valence-corrected chi connectivity index (χ4v) is 4.62. The van der Waals surface area contributed by atoms with Gasteiger partial charge in [-0.25, -0.2) is 0 Å². The first kappa shape index (κ1) is 18.2. The lowest BCUT2D eigenvalue weighted by atomic mass is 9.87. The summed E-state index contributed by atoms with van der Waals surface area (Å²) >= 11 is 7.80. The first-order valence-electron chi connectivity index (χ1n) is 8.68. The molecule has 1 saturated heterocycles. The van der Waals surface area contributed by atoms with Crippen LogP contribution >= 0.6 is 22.9 Å². The summed E-state index contributed by atoms with van der Waals surface area (Å²) in [5.41, 5.74) is 1.98. The summed E-state index contributed by atoms with van der Waals surface area (Å²) in [7, 11) is 0. The number of nitrogens with zero attached hydrogens (tertiary/aromatic N) is 3. The van der Waals surface area contributed by atoms with Crippen molar-refractivity contribution in [3.63, 3.8) is 0 Å². The lowest BCUT2D eigenvalue weighted by Crippen LogP contribution is -2.45. The molecular weight excluding hydrogens is 384 g/mol. The van der Waals surface area contributed by atoms with Gasteiger partial charge in [0.1, 0.15) is 5.60 Å². The van der Waals surface area contributed by atoms with Gasteiger partial charge in [0.2, 0.25) is 0 Å². The Bertz CT molecular complexity index is 962. The SMILES string of the molecule is Cc1cnc(C2(O)CCN(C(=O)c3csc(-c4cn[nH]c4)c3)CC2)c(Cl)c1. The predicted molar refractivity (Wildman–Crippen MR) is 105 cm³/mol. The quantitative estimate of drug-likeness (QED) is 0.701. The molecule has 3 aromatic rings. The third kappa shape index (κ3) is 3.50. The van der Waals surface area contributed by atoms with Crippen molar-refractivity contribution in [2.45, 2.75) is 25.4 Å². The predicted octanol–water partition coefficient (Wildman–Crippen LogP) is 3.62. The molecule has 1 aliphatic heterocycles. The number of hydrogen-bond donors (Lipinski definition) is 2. The average Bonchev–Trinajstić information content (AvgIpc) is 3.33. The minimum Gasteiger partial charge on any atom is -0.383 e. The first-order chi connectivity index (χ1) is 13.0. The minimum atomic E-state index is -1.10. The van der Waals surface area contributed by atoms with Crippen LogP contribution < -0.4 is 0 Å². The lowest BCUT2D eigenvalue weighted by molar-refractivity contribution is -0.0243. The Morgan fingerprint density at radius 1 is 1.33 bits per heavy atom. The number of carbonyl (C=O) groups is 1. The molecule has 2 N–H and O–H groups in total. The van der Waals surface area contributed by atoms with Crippen molar-refractivity contribution in [3.05, 3.63) is 57.9 Å². The highest BCUT2D eigenvalue weighted by molar-refractivity contribution is 7.13. The summed E-state index contributed by atoms with van der Waals surface area (Å²) in [5, 5.41) is 20.1. The number of hydrogen-bond acceptors (Lipinski definition) is 5. The fraction of sp³-hybridized carbons (Fsp3) is 0.316. The minimum absolute atomic E-state index is 0.0222. The third-order valence-electron chi connectivity index (χ3n) is 4.93. The van der Waals surface area contributed by atoms with Crippen molar-refractivity contribution in [3.8, 4) is 10.4 Å². The van der Waals surface area contributed by atoms with E-state index in [9.17, 15) is 9.90 Å². The van der Waals surface area contributed by atoms with Gasteiger partial charge in [-0.3, -0.25) is 14.9 Å². The number of likely N-dealkylation sites (tertiary alicyclic amines) is 1. The van der Waals surface area contributed by atoms with Gasteiger partial charge in [-0.2, -0.15) is 5.10 Å². The lowest BCUT2D eigenvalue weighted by Gasteiger charge is -2.38. The fourth-order valence-electron chi connectivity index (χ4n) is 3.36. The van der Waals surface area contributed by atoms with Crippen LogP contribution in [0.5, 0.6) is 0 Å². The molecule has 0 atom stereocenters. The smallest absolute Gasteiger partial charge is 0.254 e. The Balaban J connectivity index is 1.46. The number of H-pyrrole nitrogens is 1. The van der Waals surface area contributed by atoms with E-state index in [0.717, 1.165) is 16.0 Å². The van der Waals surface area contributed by atoms with E-state index in [-0.39, 0.29) is 5.91 Å². The normalized spacial score (nSPS) is 16.5. The second-order valence-corrected chi connectivity index (χ2v) is 8.17. The van der Waals surface area contributed by atoms with Crippen LogP contribution in [0.3, 0.4) is 0 Å². The maximum Gasteiger partial charge on any atom is 0.254 e. The molecule has 3 aromatic heterocycles. The van der Waals surface area contributed by atoms with Gasteiger partial charge in [0, 0.05) is 41.3 Å². The number of aliphatic hydroxyl groups is 1. The molecule has 0 unspecified atom stereocenters. The molecule has 0 spiro atoms. The molecule has 27 heavy (non-hydrogen) atoms. The van der Waals surface area contributed by atoms with Gasteiger partial charge in [-0.15, -0.1) is 11.3 Å². The van der Waals surface area contributed by atoms with E-state index >= 15 is 0 Å². The molecule has 1 amide bonds. The molecule has 0 aromatic carbocycles. The topological polar surface area (TPSA) is 82.1 Å². The summed E-state index contributed by atoms with van der Waals surface area (Å²) in [4.78, 5) is 19.9. The van der Waals surface area contributed by atoms with Gasteiger partial charge < -0.3 is 10.0 Å². The number of halogens is 1. The monoisotopic (exact) mass is 402 g/mol. The molecule has 0 bridgehead atoms. The number of rotatable bonds is 3. The van der Waals surface area contributed by atoms with Gasteiger partial charge in [-0.05, 0) is 37.5 Å². The second kappa shape index (κ2) is 7.07. The van der Waals surface area contributed by atoms with E-state index in [1.165, 1.54) is 11.3 Å². The number of aromatic amines is 1. The number of amides is 1. The van der Waals surface area contributed by atoms with E-state index in [1.54, 1.807) is 23.5 Å². The molecule has 140 valence electrons. The largest absolute Gasteiger partial charge is 0.383 e. The van der Waals surface area contributed by atoms with Crippen LogP contribution in [0.2, 0.25) is 5.02 Å². The second-order valence-electron chi connectivity index (χ2n) is 6.85. The molecule has 8 heteroatoms. The van der Waals surface area contributed by atoms with Gasteiger partial charge in [0.15, 0.2) is 0 Å². The summed E-state index contributed by atoms with van der Waals surface area (Å²) in [6, 6.07) is 3.69. The van der Waals surface area contributed by atoms with E-state index < -0.39 is 5.60 Å². The zero-order chi connectivity index (χ0) is 19.0. The summed E-state index contributed by atoms with van der Waals surface area (Å²) < 4.78 is 0. The van der Waals surface area contributed by atoms with Crippen molar-refractivity contribution >= 4 is 28.8 Å². The summed E-state index contributed by atoms with van der Waals surface area (Å²) in [6.45, 7) is 2.82. The highest BCUT2D eigenvalue weighted by atomic mass is 35.5. The summed E-state index contributed by atoms with van der Waals surface area (Å²) in [5.74, 6) is -0.0222. The number of thiophene rings is 1. The molecular formula is C19H19ClN4O2S. The molecule has 0 saturated carbocycles. The third-order valence-corrected chi connectivity index (χ3v) is 6.19. The van der Waals surface area contributed by atoms with Crippen LogP contribution in [0.15, 0.2) is 36.1 Å². The highest BCUT2D eigenvalue weighted by Gasteiger charge is 2.38. The van der Waals surface area contributed by atoms with Crippen LogP contribution in [0.4, 0.5) is 0 Å². The highest BCUT2D eigenvalue weighted by Crippen LogP contribution is 2.36. The van der Waals surface area contributed by atoms with Crippen LogP contribution in [-0.2, 0) is 5.60 Å². The molecule has 1 fully saturated rings. The maximum absolute atomic E-state index is 12.8. The van der Waals surface area contributed by atoms with Crippen molar-refractivity contribution in [1.29, 1.82) is 0 Å². The van der Waals surface area contributed by atoms with Crippen molar-refractivity contribution in [2.75, 3.05) is 13.1 Å². The van der Waals surface area contributed by atoms with Gasteiger partial charge >= 0.3 is 0 Å². The zero-order valence-corrected chi connectivity index (χ0v) is 16.3. The standard InChI is InChI=1S/C19H19ClN4O2S/c1-12-6-15(20)17(21-8-12)19(26)2-4-24(5-3-19)18(25)13-7-16(27-11-13)14-9-22-23-10-14/h6-11,26H,2-5H2,1H3,(H,22,23). The van der Waals surface area contributed by atoms with E-state index in [0.29, 0.717) is 42.2 Å². The van der Waals surface area contributed by atoms with E-state index in [2.05, 4.69) is 15.2 Å². The molecule has 4 rings (SSSR count). The number of piperidine rings is 1. The first-order valence-corrected chi connectivity index (χ1v) is 9.94. The molecule has 6 nitrogen and oxygen atoms in total. The molecule has 0 aliphatic carbocycles. The van der Waals surface area contributed by atoms with Crippen LogP contribution in [-0.4, -0.2) is 44.2 Å². The Kier molecular flexibility index (Phi) is 4.75. The Morgan fingerprint density at radius 3 is 2.78 bits per heavy atom. The number of pyridine rings is 1. The Hall–Kier alpha value is -2.22. The number of aromatic nitrogens is 3. The van der Waals surface area contributed by atoms with Gasteiger partial charge in [0.25, 0.3) is 5.91 Å². The van der Waals surface area contributed by atoms with Crippen molar-refractivity contribution < 1.29 is 9.90 Å². The number of nitrogens with one attached hydrogen (secondary N) is 1. The molecule has 1 aliphatic rings. The number of aryl methyl sites for hydroxylation is 1. The van der Waals surface area contributed by atoms with E-state index in [4.69, 9.17) is 11.6 Å². The van der Waals surface area contributed by atoms with Crippen LogP contribution in [0.1, 0.15) is 34.5 Å². The van der Waals surface area contributed by atoms with Crippen molar-refractivity contribution in [1.82, 2.24) is 20.1 Å². The van der Waals surface area contributed by atoms with Crippen molar-refractivity contribution in [2.24, 2.45) is 0 Å². The summed E-state index contributed by atoms with van der Waals surface area (Å²) in [6.07, 6.45) is 6.07. The number of carbonyl (C=O) groups excluding carboxylic acids is 1. The van der Waals surface area contributed by atoms with E-state index in [1.807, 2.05) is 24.4 Å². The van der Waals surface area contributed by atoms with Gasteiger partial charge in [0.05, 0.1) is 22.5 Å². The average molecular weight is 403 g/mol. The molecule has 0 radical (unpaired) electrons. The van der Waals surface area contributed by atoms with Gasteiger partial charge in [-0.1, -0.05) is 11.6 Å². The Morgan fingerprint density at radius 2 is 2.11 bits per heavy atom. The Labute approximate surface area is 165 Å². The van der Waals surface area contributed by atoms with Crippen LogP contribution in [0, 0.1) is 6.92 Å². The molecule has 4 heterocycles. The van der Waals surface area contributed by atoms with Crippen LogP contribution in [0.25, 0.3) is 10.4 Å². The maximum atomic E-state index is 12.8. The zero-order valence-electron chi connectivity index (χ0n) is 14.8.